The first-order chi connectivity index (χ1) is 8.58. The molecule has 0 aliphatic carbocycles. The maximum Gasteiger partial charge on any atom is 0.288 e. The first-order valence-electron chi connectivity index (χ1n) is 4.82. The number of aromatic nitrogens is 2. The van der Waals surface area contributed by atoms with Gasteiger partial charge >= 0.3 is 0 Å². The van der Waals surface area contributed by atoms with Crippen molar-refractivity contribution in [3.05, 3.63) is 9.47 Å². The quantitative estimate of drug-likeness (QED) is 0.876. The second kappa shape index (κ2) is 5.63. The van der Waals surface area contributed by atoms with Crippen LogP contribution in [-0.2, 0) is 4.79 Å². The summed E-state index contributed by atoms with van der Waals surface area (Å²) in [5.41, 5.74) is 0. The molecule has 10 heteroatoms. The Hall–Kier alpha value is -1.19. The maximum atomic E-state index is 11.5. The Labute approximate surface area is 115 Å². The monoisotopic (exact) mass is 306 g/mol. The van der Waals surface area contributed by atoms with E-state index in [1.165, 1.54) is 0 Å². The number of rotatable bonds is 4. The molecular weight excluding hydrogens is 300 g/mol. The van der Waals surface area contributed by atoms with Crippen LogP contribution < -0.4 is 5.32 Å². The summed E-state index contributed by atoms with van der Waals surface area (Å²) in [7, 11) is 0. The fourth-order valence-corrected chi connectivity index (χ4v) is 2.75. The summed E-state index contributed by atoms with van der Waals surface area (Å²) >= 11 is 7.46. The lowest BCUT2D eigenvalue weighted by atomic mass is 10.5. The molecule has 1 N–H and O–H groups in total. The average Bonchev–Trinajstić information content (AvgIpc) is 2.89. The van der Waals surface area contributed by atoms with E-state index in [4.69, 9.17) is 11.6 Å². The normalized spacial score (nSPS) is 15.3. The third-order valence-electron chi connectivity index (χ3n) is 2.06. The van der Waals surface area contributed by atoms with Gasteiger partial charge in [-0.25, -0.2) is 0 Å². The van der Waals surface area contributed by atoms with Gasteiger partial charge in [-0.05, 0) is 11.6 Å². The van der Waals surface area contributed by atoms with E-state index in [1.807, 2.05) is 0 Å². The number of carbonyl (C=O) groups excluding carboxylic acids is 3. The molecule has 3 amide bonds. The number of hydrogen-bond donors (Lipinski definition) is 1. The van der Waals surface area contributed by atoms with Crippen LogP contribution in [0.5, 0.6) is 0 Å². The minimum Gasteiger partial charge on any atom is -0.348 e. The lowest BCUT2D eigenvalue weighted by Crippen LogP contribution is -2.37. The Morgan fingerprint density at radius 3 is 2.78 bits per heavy atom. The Bertz CT molecular complexity index is 490. The highest BCUT2D eigenvalue weighted by atomic mass is 35.5. The number of carbonyl (C=O) groups is 3. The van der Waals surface area contributed by atoms with Crippen molar-refractivity contribution in [3.8, 4) is 0 Å². The summed E-state index contributed by atoms with van der Waals surface area (Å²) in [6, 6.07) is 0. The van der Waals surface area contributed by atoms with Gasteiger partial charge in [0.2, 0.25) is 15.4 Å². The Morgan fingerprint density at radius 2 is 2.22 bits per heavy atom. The Morgan fingerprint density at radius 1 is 1.44 bits per heavy atom. The molecule has 0 saturated carbocycles. The zero-order chi connectivity index (χ0) is 13.1. The lowest BCUT2D eigenvalue weighted by molar-refractivity contribution is -0.124. The smallest absolute Gasteiger partial charge is 0.288 e. The van der Waals surface area contributed by atoms with Crippen molar-refractivity contribution in [2.24, 2.45) is 0 Å². The molecule has 1 fully saturated rings. The summed E-state index contributed by atoms with van der Waals surface area (Å²) in [6.45, 7) is 0.330. The molecule has 1 saturated heterocycles. The van der Waals surface area contributed by atoms with Crippen LogP contribution in [0.25, 0.3) is 0 Å². The van der Waals surface area contributed by atoms with E-state index in [-0.39, 0.29) is 39.5 Å². The third kappa shape index (κ3) is 2.98. The van der Waals surface area contributed by atoms with Crippen molar-refractivity contribution >= 4 is 51.8 Å². The molecular formula is C8H7ClN4O3S2. The number of imide groups is 1. The van der Waals surface area contributed by atoms with Crippen LogP contribution >= 0.6 is 34.7 Å². The number of thioether (sulfide) groups is 1. The SMILES string of the molecule is O=C(NCCN1C(=O)CSC1=O)c1nnc(Cl)s1. The minimum absolute atomic E-state index is 0.147. The van der Waals surface area contributed by atoms with Gasteiger partial charge in [0, 0.05) is 13.1 Å². The molecule has 7 nitrogen and oxygen atoms in total. The number of nitrogens with zero attached hydrogens (tertiary/aromatic N) is 3. The first kappa shape index (κ1) is 13.2. The van der Waals surface area contributed by atoms with E-state index in [2.05, 4.69) is 15.5 Å². The van der Waals surface area contributed by atoms with E-state index in [1.54, 1.807) is 0 Å². The molecule has 0 radical (unpaired) electrons. The van der Waals surface area contributed by atoms with E-state index in [0.717, 1.165) is 28.0 Å². The number of hydrogen-bond acceptors (Lipinski definition) is 7. The number of nitrogens with one attached hydrogen (secondary N) is 1. The van der Waals surface area contributed by atoms with Gasteiger partial charge < -0.3 is 5.32 Å². The molecule has 0 spiro atoms. The van der Waals surface area contributed by atoms with Gasteiger partial charge in [-0.15, -0.1) is 10.2 Å². The topological polar surface area (TPSA) is 92.3 Å². The fourth-order valence-electron chi connectivity index (χ4n) is 1.25. The van der Waals surface area contributed by atoms with Gasteiger partial charge in [0.25, 0.3) is 11.1 Å². The summed E-state index contributed by atoms with van der Waals surface area (Å²) in [6.07, 6.45) is 0. The van der Waals surface area contributed by atoms with Crippen LogP contribution in [-0.4, -0.2) is 51.0 Å². The molecule has 18 heavy (non-hydrogen) atoms. The highest BCUT2D eigenvalue weighted by Crippen LogP contribution is 2.18. The predicted molar refractivity (Wildman–Crippen MR) is 66.8 cm³/mol. The summed E-state index contributed by atoms with van der Waals surface area (Å²) < 4.78 is 0.182. The molecule has 0 atom stereocenters. The third-order valence-corrected chi connectivity index (χ3v) is 3.93. The van der Waals surface area contributed by atoms with Gasteiger partial charge in [0.1, 0.15) is 0 Å². The van der Waals surface area contributed by atoms with Crippen LogP contribution in [0.3, 0.4) is 0 Å². The molecule has 96 valence electrons. The van der Waals surface area contributed by atoms with Gasteiger partial charge in [0.15, 0.2) is 0 Å². The molecule has 0 aromatic carbocycles. The molecule has 2 heterocycles. The van der Waals surface area contributed by atoms with E-state index in [0.29, 0.717) is 0 Å². The van der Waals surface area contributed by atoms with Gasteiger partial charge in [-0.2, -0.15) is 0 Å². The van der Waals surface area contributed by atoms with E-state index in [9.17, 15) is 14.4 Å². The molecule has 1 aliphatic heterocycles. The standard InChI is InChI=1S/C8H7ClN4O3S2/c9-7-12-11-6(18-7)5(15)10-1-2-13-4(14)3-17-8(13)16/h1-3H2,(H,10,15). The van der Waals surface area contributed by atoms with Crippen molar-refractivity contribution in [2.45, 2.75) is 0 Å². The fraction of sp³-hybridized carbons (Fsp3) is 0.375. The minimum atomic E-state index is -0.425. The van der Waals surface area contributed by atoms with Crippen LogP contribution in [0.1, 0.15) is 9.80 Å². The molecule has 1 aromatic heterocycles. The van der Waals surface area contributed by atoms with Gasteiger partial charge in [-0.3, -0.25) is 19.3 Å². The van der Waals surface area contributed by atoms with Crippen molar-refractivity contribution in [1.29, 1.82) is 0 Å². The van der Waals surface area contributed by atoms with Crippen molar-refractivity contribution in [3.63, 3.8) is 0 Å². The lowest BCUT2D eigenvalue weighted by Gasteiger charge is -2.12. The van der Waals surface area contributed by atoms with Gasteiger partial charge in [-0.1, -0.05) is 23.1 Å². The Kier molecular flexibility index (Phi) is 4.15. The zero-order valence-electron chi connectivity index (χ0n) is 8.88. The summed E-state index contributed by atoms with van der Waals surface area (Å²) in [5, 5.41) is 9.47. The molecule has 0 bridgehead atoms. The number of amides is 3. The van der Waals surface area contributed by atoms with Crippen molar-refractivity contribution in [2.75, 3.05) is 18.8 Å². The van der Waals surface area contributed by atoms with Crippen LogP contribution in [0, 0.1) is 0 Å². The average molecular weight is 307 g/mol. The van der Waals surface area contributed by atoms with Crippen molar-refractivity contribution < 1.29 is 14.4 Å². The molecule has 2 rings (SSSR count). The number of halogens is 1. The molecule has 1 aliphatic rings. The summed E-state index contributed by atoms with van der Waals surface area (Å²) in [5.74, 6) is -0.497. The van der Waals surface area contributed by atoms with Crippen molar-refractivity contribution in [1.82, 2.24) is 20.4 Å². The largest absolute Gasteiger partial charge is 0.348 e. The predicted octanol–water partition coefficient (Wildman–Crippen LogP) is 0.617. The van der Waals surface area contributed by atoms with E-state index >= 15 is 0 Å². The second-order valence-electron chi connectivity index (χ2n) is 3.22. The molecule has 0 unspecified atom stereocenters. The van der Waals surface area contributed by atoms with E-state index < -0.39 is 5.91 Å². The van der Waals surface area contributed by atoms with Crippen LogP contribution in [0.4, 0.5) is 4.79 Å². The second-order valence-corrected chi connectivity index (χ2v) is 5.70. The Balaban J connectivity index is 1.80. The van der Waals surface area contributed by atoms with Gasteiger partial charge in [0.05, 0.1) is 5.75 Å². The highest BCUT2D eigenvalue weighted by Gasteiger charge is 2.29. The molecule has 1 aromatic rings. The highest BCUT2D eigenvalue weighted by molar-refractivity contribution is 8.14. The van der Waals surface area contributed by atoms with Crippen LogP contribution in [0.2, 0.25) is 4.47 Å². The first-order valence-corrected chi connectivity index (χ1v) is 7.00. The summed E-state index contributed by atoms with van der Waals surface area (Å²) in [4.78, 5) is 35.2. The maximum absolute atomic E-state index is 11.5. The zero-order valence-corrected chi connectivity index (χ0v) is 11.3. The van der Waals surface area contributed by atoms with Crippen LogP contribution in [0.15, 0.2) is 0 Å².